The van der Waals surface area contributed by atoms with Gasteiger partial charge in [0.25, 0.3) is 11.7 Å². The Kier molecular flexibility index (Phi) is 5.57. The molecule has 1 fully saturated rings. The molecule has 3 aromatic rings. The molecule has 0 bridgehead atoms. The third-order valence-corrected chi connectivity index (χ3v) is 6.04. The van der Waals surface area contributed by atoms with Crippen LogP contribution in [0.5, 0.6) is 5.75 Å². The molecule has 32 heavy (non-hydrogen) atoms. The molecule has 1 atom stereocenters. The van der Waals surface area contributed by atoms with Gasteiger partial charge in [-0.2, -0.15) is 0 Å². The summed E-state index contributed by atoms with van der Waals surface area (Å²) in [6.45, 7) is 5.49. The van der Waals surface area contributed by atoms with E-state index in [2.05, 4.69) is 0 Å². The number of benzene rings is 2. The number of hydrogen-bond acceptors (Lipinski definition) is 5. The first kappa shape index (κ1) is 21.7. The molecule has 2 heterocycles. The minimum atomic E-state index is -0.965. The third-order valence-electron chi connectivity index (χ3n) is 5.63. The van der Waals surface area contributed by atoms with Gasteiger partial charge in [-0.05, 0) is 67.8 Å². The van der Waals surface area contributed by atoms with Crippen molar-refractivity contribution in [3.05, 3.63) is 87.3 Å². The monoisotopic (exact) mass is 451 g/mol. The van der Waals surface area contributed by atoms with Gasteiger partial charge in [-0.25, -0.2) is 0 Å². The van der Waals surface area contributed by atoms with Crippen molar-refractivity contribution >= 4 is 34.7 Å². The Morgan fingerprint density at radius 3 is 2.53 bits per heavy atom. The molecule has 1 aromatic heterocycles. The number of nitrogens with zero attached hydrogens (tertiary/aromatic N) is 1. The molecule has 1 aliphatic heterocycles. The number of amides is 1. The predicted octanol–water partition coefficient (Wildman–Crippen LogP) is 5.49. The van der Waals surface area contributed by atoms with E-state index in [1.807, 2.05) is 19.9 Å². The van der Waals surface area contributed by atoms with E-state index in [9.17, 15) is 14.7 Å². The number of halogens is 1. The second-order valence-electron chi connectivity index (χ2n) is 7.73. The first-order chi connectivity index (χ1) is 15.3. The lowest BCUT2D eigenvalue weighted by atomic mass is 9.96. The van der Waals surface area contributed by atoms with Crippen LogP contribution in [0.4, 0.5) is 5.69 Å². The molecule has 0 spiro atoms. The zero-order valence-electron chi connectivity index (χ0n) is 18.1. The zero-order chi connectivity index (χ0) is 23.2. The molecule has 0 radical (unpaired) electrons. The van der Waals surface area contributed by atoms with Crippen LogP contribution in [0.1, 0.15) is 34.1 Å². The van der Waals surface area contributed by atoms with Crippen LogP contribution in [0.25, 0.3) is 5.76 Å². The van der Waals surface area contributed by atoms with E-state index in [0.717, 1.165) is 11.1 Å². The Morgan fingerprint density at radius 1 is 1.12 bits per heavy atom. The lowest BCUT2D eigenvalue weighted by Crippen LogP contribution is -2.30. The highest BCUT2D eigenvalue weighted by atomic mass is 35.5. The molecule has 4 rings (SSSR count). The van der Waals surface area contributed by atoms with Crippen molar-refractivity contribution in [1.29, 1.82) is 0 Å². The third kappa shape index (κ3) is 3.37. The van der Waals surface area contributed by atoms with Crippen molar-refractivity contribution in [2.45, 2.75) is 26.8 Å². The van der Waals surface area contributed by atoms with Gasteiger partial charge >= 0.3 is 0 Å². The molecule has 0 saturated carbocycles. The summed E-state index contributed by atoms with van der Waals surface area (Å²) < 4.78 is 11.1. The fourth-order valence-electron chi connectivity index (χ4n) is 4.20. The van der Waals surface area contributed by atoms with E-state index < -0.39 is 17.7 Å². The Labute approximate surface area is 190 Å². The predicted molar refractivity (Wildman–Crippen MR) is 122 cm³/mol. The first-order valence-corrected chi connectivity index (χ1v) is 10.4. The molecule has 6 nitrogen and oxygen atoms in total. The van der Waals surface area contributed by atoms with E-state index in [1.165, 1.54) is 18.3 Å². The number of hydrogen-bond donors (Lipinski definition) is 1. The maximum absolute atomic E-state index is 13.3. The van der Waals surface area contributed by atoms with Gasteiger partial charge in [-0.1, -0.05) is 23.7 Å². The number of carbonyl (C=O) groups excluding carboxylic acids is 2. The number of anilines is 1. The lowest BCUT2D eigenvalue weighted by molar-refractivity contribution is -0.132. The SMILES string of the molecule is COc1c(C)cc(C)cc1/C(O)=C1/C(=O)C(=O)N(c2cccc(Cl)c2C)C1c1ccco1. The second-order valence-corrected chi connectivity index (χ2v) is 8.14. The van der Waals surface area contributed by atoms with Gasteiger partial charge in [0.05, 0.1) is 24.5 Å². The first-order valence-electron chi connectivity index (χ1n) is 10.0. The number of carbonyl (C=O) groups is 2. The molecular formula is C25H22ClNO5. The van der Waals surface area contributed by atoms with Crippen molar-refractivity contribution in [1.82, 2.24) is 0 Å². The molecule has 1 saturated heterocycles. The number of Topliss-reactive ketones (excluding diaryl/α,β-unsaturated/α-hetero) is 1. The number of ether oxygens (including phenoxy) is 1. The highest BCUT2D eigenvalue weighted by molar-refractivity contribution is 6.52. The van der Waals surface area contributed by atoms with Crippen LogP contribution >= 0.6 is 11.6 Å². The molecule has 7 heteroatoms. The number of aliphatic hydroxyl groups excluding tert-OH is 1. The van der Waals surface area contributed by atoms with Crippen LogP contribution in [-0.4, -0.2) is 23.9 Å². The average Bonchev–Trinajstić information content (AvgIpc) is 3.36. The fourth-order valence-corrected chi connectivity index (χ4v) is 4.37. The smallest absolute Gasteiger partial charge is 0.300 e. The molecule has 164 valence electrons. The summed E-state index contributed by atoms with van der Waals surface area (Å²) in [6, 6.07) is 11.1. The van der Waals surface area contributed by atoms with E-state index in [-0.39, 0.29) is 11.3 Å². The van der Waals surface area contributed by atoms with Crippen LogP contribution in [0.2, 0.25) is 5.02 Å². The standard InChI is InChI=1S/C25H22ClNO5/c1-13-11-14(2)24(31-4)16(12-13)22(28)20-21(19-9-6-10-32-19)27(25(30)23(20)29)18-8-5-7-17(26)15(18)3/h5-12,21,28H,1-4H3/b22-20-. The summed E-state index contributed by atoms with van der Waals surface area (Å²) in [4.78, 5) is 27.8. The second kappa shape index (κ2) is 8.20. The van der Waals surface area contributed by atoms with Crippen molar-refractivity contribution in [2.24, 2.45) is 0 Å². The number of furan rings is 1. The van der Waals surface area contributed by atoms with Gasteiger partial charge in [-0.15, -0.1) is 0 Å². The molecule has 1 N–H and O–H groups in total. The molecule has 1 unspecified atom stereocenters. The van der Waals surface area contributed by atoms with Crippen LogP contribution in [0.15, 0.2) is 58.7 Å². The van der Waals surface area contributed by atoms with E-state index >= 15 is 0 Å². The molecular weight excluding hydrogens is 430 g/mol. The number of ketones is 1. The van der Waals surface area contributed by atoms with Crippen LogP contribution in [0.3, 0.4) is 0 Å². The molecule has 0 aliphatic carbocycles. The van der Waals surface area contributed by atoms with Crippen LogP contribution in [-0.2, 0) is 9.59 Å². The summed E-state index contributed by atoms with van der Waals surface area (Å²) in [5, 5.41) is 11.8. The number of aliphatic hydroxyl groups is 1. The summed E-state index contributed by atoms with van der Waals surface area (Å²) in [7, 11) is 1.49. The summed E-state index contributed by atoms with van der Waals surface area (Å²) in [6.07, 6.45) is 1.46. The van der Waals surface area contributed by atoms with Gasteiger partial charge in [-0.3, -0.25) is 14.5 Å². The van der Waals surface area contributed by atoms with Gasteiger partial charge in [0.2, 0.25) is 0 Å². The van der Waals surface area contributed by atoms with Crippen molar-refractivity contribution < 1.29 is 23.8 Å². The normalized spacial score (nSPS) is 17.8. The minimum Gasteiger partial charge on any atom is -0.507 e. The van der Waals surface area contributed by atoms with Gasteiger partial charge in [0, 0.05) is 10.7 Å². The lowest BCUT2D eigenvalue weighted by Gasteiger charge is -2.25. The van der Waals surface area contributed by atoms with Crippen molar-refractivity contribution in [3.8, 4) is 5.75 Å². The molecule has 1 amide bonds. The summed E-state index contributed by atoms with van der Waals surface area (Å²) in [5.41, 5.74) is 3.03. The molecule has 2 aromatic carbocycles. The minimum absolute atomic E-state index is 0.0763. The largest absolute Gasteiger partial charge is 0.507 e. The van der Waals surface area contributed by atoms with Crippen molar-refractivity contribution in [2.75, 3.05) is 12.0 Å². The number of rotatable bonds is 4. The summed E-state index contributed by atoms with van der Waals surface area (Å²) in [5.74, 6) is -1.15. The van der Waals surface area contributed by atoms with Crippen molar-refractivity contribution in [3.63, 3.8) is 0 Å². The van der Waals surface area contributed by atoms with E-state index in [0.29, 0.717) is 33.3 Å². The number of aryl methyl sites for hydroxylation is 2. The Hall–Kier alpha value is -3.51. The highest BCUT2D eigenvalue weighted by Gasteiger charge is 2.49. The van der Waals surface area contributed by atoms with Gasteiger partial charge in [0.15, 0.2) is 0 Å². The van der Waals surface area contributed by atoms with E-state index in [1.54, 1.807) is 43.3 Å². The maximum atomic E-state index is 13.3. The molecule has 1 aliphatic rings. The van der Waals surface area contributed by atoms with Gasteiger partial charge < -0.3 is 14.3 Å². The fraction of sp³-hybridized carbons (Fsp3) is 0.200. The average molecular weight is 452 g/mol. The maximum Gasteiger partial charge on any atom is 0.300 e. The number of methoxy groups -OCH3 is 1. The van der Waals surface area contributed by atoms with Gasteiger partial charge in [0.1, 0.15) is 23.3 Å². The Morgan fingerprint density at radius 2 is 1.88 bits per heavy atom. The Balaban J connectivity index is 2.01. The van der Waals surface area contributed by atoms with Crippen LogP contribution in [0, 0.1) is 20.8 Å². The summed E-state index contributed by atoms with van der Waals surface area (Å²) >= 11 is 6.29. The topological polar surface area (TPSA) is 80.0 Å². The Bertz CT molecular complexity index is 1260. The van der Waals surface area contributed by atoms with Crippen LogP contribution < -0.4 is 9.64 Å². The van der Waals surface area contributed by atoms with E-state index in [4.69, 9.17) is 20.8 Å². The highest BCUT2D eigenvalue weighted by Crippen LogP contribution is 2.45. The zero-order valence-corrected chi connectivity index (χ0v) is 18.9. The quantitative estimate of drug-likeness (QED) is 0.322.